The summed E-state index contributed by atoms with van der Waals surface area (Å²) in [5.41, 5.74) is 1.51. The van der Waals surface area contributed by atoms with Gasteiger partial charge in [0.25, 0.3) is 11.8 Å². The molecule has 2 aromatic rings. The second-order valence-electron chi connectivity index (χ2n) is 12.3. The monoisotopic (exact) mass is 548 g/mol. The summed E-state index contributed by atoms with van der Waals surface area (Å²) in [6, 6.07) is 4.24. The second kappa shape index (κ2) is 9.17. The summed E-state index contributed by atoms with van der Waals surface area (Å²) < 4.78 is 7.41. The molecule has 4 aliphatic rings. The van der Waals surface area contributed by atoms with Crippen molar-refractivity contribution in [1.82, 2.24) is 24.9 Å². The predicted octanol–water partition coefficient (Wildman–Crippen LogP) is 2.47. The van der Waals surface area contributed by atoms with Crippen molar-refractivity contribution in [2.24, 2.45) is 5.41 Å². The van der Waals surface area contributed by atoms with Crippen LogP contribution in [0.25, 0.3) is 0 Å². The van der Waals surface area contributed by atoms with Gasteiger partial charge in [-0.15, -0.1) is 0 Å². The molecule has 12 heteroatoms. The minimum Gasteiger partial charge on any atom is -0.444 e. The lowest BCUT2D eigenvalue weighted by Gasteiger charge is -2.58. The second-order valence-corrected chi connectivity index (χ2v) is 12.3. The maximum absolute atomic E-state index is 13.3. The molecular weight excluding hydrogens is 516 g/mol. The van der Waals surface area contributed by atoms with E-state index in [0.29, 0.717) is 25.3 Å². The number of hydrogen-bond acceptors (Lipinski definition) is 8. The smallest absolute Gasteiger partial charge is 0.410 e. The van der Waals surface area contributed by atoms with Crippen LogP contribution in [0.2, 0.25) is 0 Å². The molecule has 40 heavy (non-hydrogen) atoms. The normalized spacial score (nSPS) is 22.1. The van der Waals surface area contributed by atoms with Gasteiger partial charge in [0.15, 0.2) is 0 Å². The van der Waals surface area contributed by atoms with Crippen molar-refractivity contribution in [2.75, 3.05) is 18.4 Å². The Bertz CT molecular complexity index is 1430. The first-order valence-electron chi connectivity index (χ1n) is 13.5. The van der Waals surface area contributed by atoms with Crippen molar-refractivity contribution in [3.63, 3.8) is 0 Å². The number of likely N-dealkylation sites (tertiary alicyclic amines) is 1. The highest BCUT2D eigenvalue weighted by molar-refractivity contribution is 6.25. The van der Waals surface area contributed by atoms with E-state index in [9.17, 15) is 24.0 Å². The minimum absolute atomic E-state index is 0.0724. The zero-order chi connectivity index (χ0) is 28.4. The summed E-state index contributed by atoms with van der Waals surface area (Å²) >= 11 is 0. The molecule has 6 rings (SSSR count). The summed E-state index contributed by atoms with van der Waals surface area (Å²) in [4.78, 5) is 65.2. The molecule has 12 nitrogen and oxygen atoms in total. The molecule has 0 bridgehead atoms. The molecule has 3 fully saturated rings. The van der Waals surface area contributed by atoms with E-state index in [1.54, 1.807) is 29.3 Å². The van der Waals surface area contributed by atoms with Crippen LogP contribution in [0.5, 0.6) is 0 Å². The van der Waals surface area contributed by atoms with Crippen LogP contribution in [-0.2, 0) is 20.9 Å². The number of anilines is 1. The number of carbonyl (C=O) groups is 5. The van der Waals surface area contributed by atoms with Crippen LogP contribution < -0.4 is 10.6 Å². The Kier molecular flexibility index (Phi) is 5.97. The van der Waals surface area contributed by atoms with Crippen LogP contribution in [0.1, 0.15) is 78.8 Å². The molecule has 4 heterocycles. The number of rotatable bonds is 5. The fourth-order valence-corrected chi connectivity index (χ4v) is 6.13. The lowest BCUT2D eigenvalue weighted by atomic mass is 9.61. The molecule has 2 saturated heterocycles. The molecule has 1 spiro atoms. The van der Waals surface area contributed by atoms with Gasteiger partial charge in [0.1, 0.15) is 11.6 Å². The van der Waals surface area contributed by atoms with E-state index >= 15 is 0 Å². The van der Waals surface area contributed by atoms with Crippen molar-refractivity contribution in [1.29, 1.82) is 0 Å². The number of carbonyl (C=O) groups excluding carboxylic acids is 5. The lowest BCUT2D eigenvalue weighted by molar-refractivity contribution is -0.136. The summed E-state index contributed by atoms with van der Waals surface area (Å²) in [5, 5.41) is 10.00. The van der Waals surface area contributed by atoms with Crippen LogP contribution >= 0.6 is 0 Å². The maximum atomic E-state index is 13.3. The van der Waals surface area contributed by atoms with Gasteiger partial charge in [0, 0.05) is 48.9 Å². The summed E-state index contributed by atoms with van der Waals surface area (Å²) in [5.74, 6) is -2.13. The van der Waals surface area contributed by atoms with Gasteiger partial charge in [0.2, 0.25) is 11.8 Å². The summed E-state index contributed by atoms with van der Waals surface area (Å²) in [6.07, 6.45) is 5.56. The number of piperidine rings is 1. The molecule has 1 aromatic carbocycles. The third-order valence-corrected chi connectivity index (χ3v) is 8.02. The zero-order valence-electron chi connectivity index (χ0n) is 22.7. The van der Waals surface area contributed by atoms with Crippen molar-refractivity contribution < 1.29 is 28.7 Å². The quantitative estimate of drug-likeness (QED) is 0.543. The van der Waals surface area contributed by atoms with E-state index in [1.807, 2.05) is 31.6 Å². The third kappa shape index (κ3) is 4.50. The highest BCUT2D eigenvalue weighted by Gasteiger charge is 2.55. The number of nitrogens with one attached hydrogen (secondary N) is 2. The third-order valence-electron chi connectivity index (χ3n) is 8.02. The molecule has 210 valence electrons. The topological polar surface area (TPSA) is 143 Å². The standard InChI is InChI=1S/C28H32N6O6/c1-27(2,3)40-26(39)32-14-28(15-32)9-17(10-28)33-13-16(12-30-33)11-29-19-6-4-5-18-22(19)25(38)34(24(18)37)20-7-8-21(35)31-23(20)36/h4-6,12-13,17,20,29H,7-11,14-15H2,1-3H3,(H,31,35,36). The molecule has 3 aliphatic heterocycles. The largest absolute Gasteiger partial charge is 0.444 e. The van der Waals surface area contributed by atoms with E-state index in [0.717, 1.165) is 23.3 Å². The molecule has 0 radical (unpaired) electrons. The number of nitrogens with zero attached hydrogens (tertiary/aromatic N) is 4. The molecule has 1 aliphatic carbocycles. The van der Waals surface area contributed by atoms with Crippen molar-refractivity contribution >= 4 is 35.4 Å². The Hall–Kier alpha value is -4.22. The van der Waals surface area contributed by atoms with Crippen LogP contribution in [0, 0.1) is 5.41 Å². The fraction of sp³-hybridized carbons (Fsp3) is 0.500. The van der Waals surface area contributed by atoms with Gasteiger partial charge in [-0.05, 0) is 52.2 Å². The number of hydrogen-bond donors (Lipinski definition) is 2. The fourth-order valence-electron chi connectivity index (χ4n) is 6.13. The van der Waals surface area contributed by atoms with Crippen molar-refractivity contribution in [3.05, 3.63) is 47.3 Å². The van der Waals surface area contributed by atoms with E-state index in [-0.39, 0.29) is 41.5 Å². The first-order chi connectivity index (χ1) is 18.9. The predicted molar refractivity (Wildman–Crippen MR) is 141 cm³/mol. The molecule has 2 N–H and O–H groups in total. The van der Waals surface area contributed by atoms with Gasteiger partial charge in [-0.3, -0.25) is 34.1 Å². The number of ether oxygens (including phenoxy) is 1. The van der Waals surface area contributed by atoms with Gasteiger partial charge in [-0.1, -0.05) is 6.07 Å². The van der Waals surface area contributed by atoms with Gasteiger partial charge in [-0.2, -0.15) is 5.10 Å². The molecular formula is C28H32N6O6. The van der Waals surface area contributed by atoms with Crippen LogP contribution in [0.4, 0.5) is 10.5 Å². The van der Waals surface area contributed by atoms with E-state index in [1.165, 1.54) is 0 Å². The molecule has 1 atom stereocenters. The Balaban J connectivity index is 1.06. The highest BCUT2D eigenvalue weighted by atomic mass is 16.6. The first-order valence-corrected chi connectivity index (χ1v) is 13.5. The average molecular weight is 549 g/mol. The van der Waals surface area contributed by atoms with Crippen LogP contribution in [0.15, 0.2) is 30.6 Å². The van der Waals surface area contributed by atoms with E-state index < -0.39 is 35.3 Å². The van der Waals surface area contributed by atoms with Crippen molar-refractivity contribution in [3.8, 4) is 0 Å². The number of benzene rings is 1. The number of imide groups is 2. The van der Waals surface area contributed by atoms with Gasteiger partial charge in [-0.25, -0.2) is 4.79 Å². The molecule has 1 aromatic heterocycles. The molecule has 1 saturated carbocycles. The minimum atomic E-state index is -1.01. The Morgan fingerprint density at radius 3 is 2.60 bits per heavy atom. The highest BCUT2D eigenvalue weighted by Crippen LogP contribution is 2.54. The van der Waals surface area contributed by atoms with E-state index in [4.69, 9.17) is 4.74 Å². The number of fused-ring (bicyclic) bond motifs is 1. The first kappa shape index (κ1) is 26.0. The van der Waals surface area contributed by atoms with Crippen LogP contribution in [0.3, 0.4) is 0 Å². The molecule has 1 unspecified atom stereocenters. The van der Waals surface area contributed by atoms with E-state index in [2.05, 4.69) is 15.7 Å². The SMILES string of the molecule is CC(C)(C)OC(=O)N1CC2(CC(n3cc(CNc4cccc5c4C(=O)N(C4CCC(=O)NC4=O)C5=O)cn3)C2)C1. The van der Waals surface area contributed by atoms with Gasteiger partial charge in [0.05, 0.1) is 23.4 Å². The maximum Gasteiger partial charge on any atom is 0.410 e. The van der Waals surface area contributed by atoms with Gasteiger partial charge < -0.3 is 15.0 Å². The summed E-state index contributed by atoms with van der Waals surface area (Å²) in [7, 11) is 0. The Morgan fingerprint density at radius 1 is 1.15 bits per heavy atom. The number of aromatic nitrogens is 2. The molecule has 5 amide bonds. The van der Waals surface area contributed by atoms with Gasteiger partial charge >= 0.3 is 6.09 Å². The number of amides is 5. The van der Waals surface area contributed by atoms with Crippen LogP contribution in [-0.4, -0.2) is 74.0 Å². The lowest BCUT2D eigenvalue weighted by Crippen LogP contribution is -2.64. The summed E-state index contributed by atoms with van der Waals surface area (Å²) in [6.45, 7) is 7.39. The van der Waals surface area contributed by atoms with Crippen molar-refractivity contribution in [2.45, 2.75) is 70.7 Å². The zero-order valence-corrected chi connectivity index (χ0v) is 22.7. The Labute approximate surface area is 231 Å². The average Bonchev–Trinajstić information content (AvgIpc) is 3.38. The Morgan fingerprint density at radius 2 is 1.90 bits per heavy atom.